The third kappa shape index (κ3) is 4.12. The van der Waals surface area contributed by atoms with Gasteiger partial charge < -0.3 is 14.3 Å². The number of H-pyrrole nitrogens is 1. The van der Waals surface area contributed by atoms with Crippen molar-refractivity contribution >= 4 is 23.5 Å². The van der Waals surface area contributed by atoms with Crippen LogP contribution in [0.1, 0.15) is 39.5 Å². The average molecular weight is 273 g/mol. The predicted octanol–water partition coefficient (Wildman–Crippen LogP) is 3.50. The molecule has 0 aliphatic carbocycles. The Balaban J connectivity index is 2.06. The Bertz CT molecular complexity index is 502. The van der Waals surface area contributed by atoms with Gasteiger partial charge in [-0.2, -0.15) is 0 Å². The molecule has 1 aromatic heterocycles. The van der Waals surface area contributed by atoms with Crippen LogP contribution in [0.25, 0.3) is 10.9 Å². The number of hydrogen-bond donors (Lipinski definition) is 1. The highest BCUT2D eigenvalue weighted by Gasteiger charge is 2.21. The Morgan fingerprint density at radius 3 is 2.35 bits per heavy atom. The van der Waals surface area contributed by atoms with Crippen molar-refractivity contribution in [3.8, 4) is 0 Å². The van der Waals surface area contributed by atoms with E-state index in [1.807, 2.05) is 6.20 Å². The molecule has 0 fully saturated rings. The molecule has 108 valence electrons. The van der Waals surface area contributed by atoms with Crippen LogP contribution in [0.5, 0.6) is 0 Å². The first kappa shape index (κ1) is 15.1. The van der Waals surface area contributed by atoms with E-state index in [0.717, 1.165) is 49.9 Å². The number of aromatic nitrogens is 1. The summed E-state index contributed by atoms with van der Waals surface area (Å²) in [4.78, 5) is 3.21. The zero-order valence-electron chi connectivity index (χ0n) is 12.5. The summed E-state index contributed by atoms with van der Waals surface area (Å²) in [7, 11) is -0.243. The summed E-state index contributed by atoms with van der Waals surface area (Å²) in [5, 5.41) is 1.20. The zero-order valence-corrected chi connectivity index (χ0v) is 12.5. The molecule has 0 atom stereocenters. The fourth-order valence-corrected chi connectivity index (χ4v) is 2.13. The van der Waals surface area contributed by atoms with Gasteiger partial charge in [0.25, 0.3) is 0 Å². The molecule has 3 nitrogen and oxygen atoms in total. The molecular weight excluding hydrogens is 249 g/mol. The maximum Gasteiger partial charge on any atom is 0.493 e. The number of unbranched alkanes of at least 4 members (excludes halogenated alkanes) is 2. The molecule has 0 aliphatic heterocycles. The second-order valence-electron chi connectivity index (χ2n) is 5.10. The van der Waals surface area contributed by atoms with Crippen LogP contribution in [0.15, 0.2) is 30.5 Å². The lowest BCUT2D eigenvalue weighted by atomic mass is 9.78. The fraction of sp³-hybridized carbons (Fsp3) is 0.500. The number of aromatic amines is 1. The van der Waals surface area contributed by atoms with E-state index in [-0.39, 0.29) is 7.12 Å². The summed E-state index contributed by atoms with van der Waals surface area (Å²) in [5.41, 5.74) is 2.25. The first-order valence-corrected chi connectivity index (χ1v) is 7.65. The van der Waals surface area contributed by atoms with Gasteiger partial charge in [0, 0.05) is 24.9 Å². The molecule has 1 heterocycles. The highest BCUT2D eigenvalue weighted by Crippen LogP contribution is 2.10. The maximum absolute atomic E-state index is 5.91. The third-order valence-corrected chi connectivity index (χ3v) is 3.38. The molecule has 1 N–H and O–H groups in total. The van der Waals surface area contributed by atoms with Crippen LogP contribution < -0.4 is 5.46 Å². The molecule has 0 spiro atoms. The van der Waals surface area contributed by atoms with Gasteiger partial charge >= 0.3 is 7.12 Å². The minimum atomic E-state index is -0.243. The van der Waals surface area contributed by atoms with Gasteiger partial charge in [-0.25, -0.2) is 0 Å². The molecule has 20 heavy (non-hydrogen) atoms. The van der Waals surface area contributed by atoms with Gasteiger partial charge in [-0.15, -0.1) is 0 Å². The molecule has 2 rings (SSSR count). The molecular formula is C16H24BNO2. The fourth-order valence-electron chi connectivity index (χ4n) is 2.13. The molecule has 0 amide bonds. The summed E-state index contributed by atoms with van der Waals surface area (Å²) >= 11 is 0. The first-order chi connectivity index (χ1) is 9.85. The first-order valence-electron chi connectivity index (χ1n) is 7.65. The maximum atomic E-state index is 5.91. The van der Waals surface area contributed by atoms with Crippen molar-refractivity contribution in [3.05, 3.63) is 30.5 Å². The largest absolute Gasteiger partial charge is 0.493 e. The van der Waals surface area contributed by atoms with E-state index in [2.05, 4.69) is 43.1 Å². The van der Waals surface area contributed by atoms with E-state index in [0.29, 0.717) is 0 Å². The Hall–Kier alpha value is -1.26. The van der Waals surface area contributed by atoms with Crippen molar-refractivity contribution in [2.45, 2.75) is 39.5 Å². The summed E-state index contributed by atoms with van der Waals surface area (Å²) < 4.78 is 11.8. The van der Waals surface area contributed by atoms with Crippen LogP contribution in [0.4, 0.5) is 0 Å². The van der Waals surface area contributed by atoms with E-state index in [1.54, 1.807) is 0 Å². The number of rotatable bonds is 9. The van der Waals surface area contributed by atoms with Crippen molar-refractivity contribution in [1.82, 2.24) is 4.98 Å². The molecule has 0 saturated heterocycles. The third-order valence-electron chi connectivity index (χ3n) is 3.38. The lowest BCUT2D eigenvalue weighted by Crippen LogP contribution is -2.37. The van der Waals surface area contributed by atoms with E-state index >= 15 is 0 Å². The van der Waals surface area contributed by atoms with Gasteiger partial charge in [-0.05, 0) is 35.8 Å². The normalized spacial score (nSPS) is 11.1. The van der Waals surface area contributed by atoms with Crippen molar-refractivity contribution in [1.29, 1.82) is 0 Å². The molecule has 0 radical (unpaired) electrons. The van der Waals surface area contributed by atoms with E-state index in [4.69, 9.17) is 9.31 Å². The van der Waals surface area contributed by atoms with Gasteiger partial charge in [0.15, 0.2) is 0 Å². The van der Waals surface area contributed by atoms with Crippen molar-refractivity contribution < 1.29 is 9.31 Å². The Morgan fingerprint density at radius 2 is 1.70 bits per heavy atom. The van der Waals surface area contributed by atoms with Crippen LogP contribution in [-0.2, 0) is 9.31 Å². The zero-order chi connectivity index (χ0) is 14.2. The molecule has 4 heteroatoms. The summed E-state index contributed by atoms with van der Waals surface area (Å²) in [6.45, 7) is 5.83. The monoisotopic (exact) mass is 273 g/mol. The lowest BCUT2D eigenvalue weighted by molar-refractivity contribution is 0.202. The average Bonchev–Trinajstić information content (AvgIpc) is 2.93. The van der Waals surface area contributed by atoms with Crippen molar-refractivity contribution in [3.63, 3.8) is 0 Å². The smallest absolute Gasteiger partial charge is 0.407 e. The number of hydrogen-bond acceptors (Lipinski definition) is 2. The number of nitrogens with one attached hydrogen (secondary N) is 1. The van der Waals surface area contributed by atoms with Gasteiger partial charge in [0.2, 0.25) is 0 Å². The molecule has 0 aliphatic rings. The SMILES string of the molecule is CCCCOB(OCCCC)c1ccc2[nH]ccc2c1. The molecule has 0 unspecified atom stereocenters. The van der Waals surface area contributed by atoms with E-state index in [9.17, 15) is 0 Å². The number of fused-ring (bicyclic) bond motifs is 1. The number of benzene rings is 1. The second kappa shape index (κ2) is 8.13. The van der Waals surface area contributed by atoms with Crippen LogP contribution >= 0.6 is 0 Å². The van der Waals surface area contributed by atoms with Crippen LogP contribution in [0.3, 0.4) is 0 Å². The summed E-state index contributed by atoms with van der Waals surface area (Å²) in [5.74, 6) is 0. The summed E-state index contributed by atoms with van der Waals surface area (Å²) in [6, 6.07) is 8.40. The molecule has 1 aromatic carbocycles. The van der Waals surface area contributed by atoms with Gasteiger partial charge in [0.1, 0.15) is 0 Å². The Morgan fingerprint density at radius 1 is 1.00 bits per heavy atom. The molecule has 0 saturated carbocycles. The standard InChI is InChI=1S/C16H24BNO2/c1-3-5-11-19-17(20-12-6-4-2)15-7-8-16-14(13-15)9-10-18-16/h7-10,13,18H,3-6,11-12H2,1-2H3. The van der Waals surface area contributed by atoms with Crippen molar-refractivity contribution in [2.24, 2.45) is 0 Å². The lowest BCUT2D eigenvalue weighted by Gasteiger charge is -2.15. The van der Waals surface area contributed by atoms with Gasteiger partial charge in [0.05, 0.1) is 0 Å². The quantitative estimate of drug-likeness (QED) is 0.560. The van der Waals surface area contributed by atoms with Gasteiger partial charge in [-0.3, -0.25) is 0 Å². The van der Waals surface area contributed by atoms with Crippen LogP contribution in [-0.4, -0.2) is 25.3 Å². The minimum absolute atomic E-state index is 0.243. The van der Waals surface area contributed by atoms with Gasteiger partial charge in [-0.1, -0.05) is 38.8 Å². The molecule has 0 bridgehead atoms. The van der Waals surface area contributed by atoms with Crippen molar-refractivity contribution in [2.75, 3.05) is 13.2 Å². The Kier molecular flexibility index (Phi) is 6.15. The van der Waals surface area contributed by atoms with E-state index < -0.39 is 0 Å². The highest BCUT2D eigenvalue weighted by atomic mass is 16.6. The Labute approximate surface area is 121 Å². The predicted molar refractivity (Wildman–Crippen MR) is 85.4 cm³/mol. The topological polar surface area (TPSA) is 34.2 Å². The molecule has 2 aromatic rings. The highest BCUT2D eigenvalue weighted by molar-refractivity contribution is 6.61. The van der Waals surface area contributed by atoms with E-state index in [1.165, 1.54) is 5.39 Å². The summed E-state index contributed by atoms with van der Waals surface area (Å²) in [6.07, 6.45) is 6.37. The van der Waals surface area contributed by atoms with Crippen LogP contribution in [0.2, 0.25) is 0 Å². The second-order valence-corrected chi connectivity index (χ2v) is 5.10. The van der Waals surface area contributed by atoms with Crippen LogP contribution in [0, 0.1) is 0 Å². The minimum Gasteiger partial charge on any atom is -0.407 e.